The van der Waals surface area contributed by atoms with Crippen molar-refractivity contribution in [2.75, 3.05) is 14.2 Å². The number of unbranched alkanes of at least 4 members (excludes halogenated alkanes) is 12. The van der Waals surface area contributed by atoms with Crippen molar-refractivity contribution in [1.29, 1.82) is 0 Å². The summed E-state index contributed by atoms with van der Waals surface area (Å²) in [4.78, 5) is 0.147. The summed E-state index contributed by atoms with van der Waals surface area (Å²) < 4.78 is 33.2. The van der Waals surface area contributed by atoms with Crippen LogP contribution in [-0.4, -0.2) is 23.0 Å². The van der Waals surface area contributed by atoms with Crippen LogP contribution in [0, 0.1) is 0 Å². The molecular formula is C23H39NaO4S. The average molecular weight is 435 g/mol. The SMILES string of the molecule is CCCCCCCCCCCCCCCc1cc(OC)c(S(=O)[O-])cc1OC.[Na+]. The molecule has 0 aliphatic rings. The maximum absolute atomic E-state index is 11.3. The minimum absolute atomic E-state index is 0. The Kier molecular flexibility index (Phi) is 18.6. The molecule has 0 N–H and O–H groups in total. The maximum atomic E-state index is 11.3. The molecule has 0 aliphatic carbocycles. The molecule has 0 amide bonds. The van der Waals surface area contributed by atoms with Gasteiger partial charge in [-0.05, 0) is 41.6 Å². The van der Waals surface area contributed by atoms with Crippen LogP contribution < -0.4 is 39.0 Å². The number of benzene rings is 1. The van der Waals surface area contributed by atoms with Gasteiger partial charge < -0.3 is 14.0 Å². The third kappa shape index (κ3) is 12.4. The first-order chi connectivity index (χ1) is 13.6. The van der Waals surface area contributed by atoms with E-state index >= 15 is 0 Å². The van der Waals surface area contributed by atoms with E-state index < -0.39 is 11.1 Å². The first-order valence-corrected chi connectivity index (χ1v) is 12.1. The van der Waals surface area contributed by atoms with Crippen molar-refractivity contribution in [3.05, 3.63) is 17.7 Å². The molecule has 6 heteroatoms. The largest absolute Gasteiger partial charge is 1.00 e. The standard InChI is InChI=1S/C23H40O4S.Na/c1-4-5-6-7-8-9-10-11-12-13-14-15-16-17-20-18-22(27-3)23(28(24)25)19-21(20)26-2;/h18-19H,4-17H2,1-3H3,(H,24,25);/q;+1/p-1. The summed E-state index contributed by atoms with van der Waals surface area (Å²) >= 11 is -2.33. The van der Waals surface area contributed by atoms with Gasteiger partial charge in [0.25, 0.3) is 0 Å². The van der Waals surface area contributed by atoms with Crippen molar-refractivity contribution in [2.45, 2.75) is 102 Å². The molecule has 0 aliphatic heterocycles. The van der Waals surface area contributed by atoms with Crippen molar-refractivity contribution >= 4 is 11.1 Å². The molecule has 1 unspecified atom stereocenters. The summed E-state index contributed by atoms with van der Waals surface area (Å²) in [7, 11) is 3.07. The number of hydrogen-bond acceptors (Lipinski definition) is 4. The number of ether oxygens (including phenoxy) is 2. The van der Waals surface area contributed by atoms with Gasteiger partial charge >= 0.3 is 29.6 Å². The van der Waals surface area contributed by atoms with E-state index in [-0.39, 0.29) is 34.5 Å². The molecule has 0 heterocycles. The molecule has 162 valence electrons. The smallest absolute Gasteiger partial charge is 0.768 e. The molecule has 0 saturated carbocycles. The van der Waals surface area contributed by atoms with Gasteiger partial charge in [0, 0.05) is 0 Å². The first-order valence-electron chi connectivity index (χ1n) is 11.0. The van der Waals surface area contributed by atoms with Crippen molar-refractivity contribution in [1.82, 2.24) is 0 Å². The Morgan fingerprint density at radius 1 is 0.759 bits per heavy atom. The van der Waals surface area contributed by atoms with Crippen LogP contribution in [0.25, 0.3) is 0 Å². The van der Waals surface area contributed by atoms with Crippen LogP contribution in [0.2, 0.25) is 0 Å². The molecule has 1 atom stereocenters. The number of hydrogen-bond donors (Lipinski definition) is 0. The summed E-state index contributed by atoms with van der Waals surface area (Å²) in [5.74, 6) is 1.01. The Morgan fingerprint density at radius 3 is 1.62 bits per heavy atom. The van der Waals surface area contributed by atoms with Gasteiger partial charge in [-0.25, -0.2) is 0 Å². The van der Waals surface area contributed by atoms with Crippen molar-refractivity contribution < 1.29 is 47.8 Å². The number of methoxy groups -OCH3 is 2. The molecule has 1 aromatic carbocycles. The molecular weight excluding hydrogens is 395 g/mol. The molecule has 0 radical (unpaired) electrons. The normalized spacial score (nSPS) is 11.7. The number of rotatable bonds is 17. The molecule has 0 bridgehead atoms. The summed E-state index contributed by atoms with van der Waals surface area (Å²) in [6.07, 6.45) is 18.2. The Morgan fingerprint density at radius 2 is 1.21 bits per heavy atom. The van der Waals surface area contributed by atoms with Crippen LogP contribution in [0.1, 0.15) is 96.0 Å². The molecule has 1 rings (SSSR count). The quantitative estimate of drug-likeness (QED) is 0.214. The van der Waals surface area contributed by atoms with E-state index in [1.165, 1.54) is 84.2 Å². The predicted octanol–water partition coefficient (Wildman–Crippen LogP) is 3.58. The molecule has 0 fully saturated rings. The van der Waals surface area contributed by atoms with Gasteiger partial charge in [-0.1, -0.05) is 84.0 Å². The summed E-state index contributed by atoms with van der Waals surface area (Å²) in [6.45, 7) is 2.27. The maximum Gasteiger partial charge on any atom is 1.00 e. The monoisotopic (exact) mass is 434 g/mol. The van der Waals surface area contributed by atoms with Crippen molar-refractivity contribution in [2.24, 2.45) is 0 Å². The van der Waals surface area contributed by atoms with E-state index in [2.05, 4.69) is 6.92 Å². The van der Waals surface area contributed by atoms with Gasteiger partial charge in [0.2, 0.25) is 0 Å². The number of aryl methyl sites for hydroxylation is 1. The first kappa shape index (κ1) is 28.9. The summed E-state index contributed by atoms with van der Waals surface area (Å²) in [6, 6.07) is 3.35. The van der Waals surface area contributed by atoms with E-state index in [4.69, 9.17) is 9.47 Å². The molecule has 0 aromatic heterocycles. The minimum Gasteiger partial charge on any atom is -0.768 e. The van der Waals surface area contributed by atoms with Crippen LogP contribution in [0.4, 0.5) is 0 Å². The zero-order valence-electron chi connectivity index (χ0n) is 19.1. The third-order valence-corrected chi connectivity index (χ3v) is 5.97. The van der Waals surface area contributed by atoms with E-state index in [1.54, 1.807) is 19.2 Å². The Bertz CT molecular complexity index is 566. The fraction of sp³-hybridized carbons (Fsp3) is 0.739. The molecule has 0 spiro atoms. The second kappa shape index (κ2) is 18.7. The van der Waals surface area contributed by atoms with Crippen LogP contribution in [0.15, 0.2) is 17.0 Å². The third-order valence-electron chi connectivity index (χ3n) is 5.30. The second-order valence-corrected chi connectivity index (χ2v) is 8.45. The molecule has 1 aromatic rings. The van der Waals surface area contributed by atoms with Gasteiger partial charge in [0.1, 0.15) is 11.5 Å². The molecule has 29 heavy (non-hydrogen) atoms. The van der Waals surface area contributed by atoms with E-state index in [1.807, 2.05) is 0 Å². The van der Waals surface area contributed by atoms with Gasteiger partial charge in [-0.15, -0.1) is 0 Å². The Labute approximate surface area is 203 Å². The topological polar surface area (TPSA) is 58.6 Å². The minimum atomic E-state index is -2.33. The van der Waals surface area contributed by atoms with Crippen LogP contribution >= 0.6 is 0 Å². The predicted molar refractivity (Wildman–Crippen MR) is 116 cm³/mol. The Hall–Kier alpha value is -0.0700. The fourth-order valence-corrected chi connectivity index (χ4v) is 4.10. The average Bonchev–Trinajstić information content (AvgIpc) is 2.70. The summed E-state index contributed by atoms with van der Waals surface area (Å²) in [5.41, 5.74) is 1.01. The van der Waals surface area contributed by atoms with Crippen LogP contribution in [0.3, 0.4) is 0 Å². The van der Waals surface area contributed by atoms with Crippen molar-refractivity contribution in [3.63, 3.8) is 0 Å². The molecule has 4 nitrogen and oxygen atoms in total. The van der Waals surface area contributed by atoms with Crippen LogP contribution in [-0.2, 0) is 17.5 Å². The van der Waals surface area contributed by atoms with Crippen LogP contribution in [0.5, 0.6) is 11.5 Å². The molecule has 0 saturated heterocycles. The van der Waals surface area contributed by atoms with E-state index in [0.29, 0.717) is 11.5 Å². The fourth-order valence-electron chi connectivity index (χ4n) is 3.59. The summed E-state index contributed by atoms with van der Waals surface area (Å²) in [5, 5.41) is 0. The second-order valence-electron chi connectivity index (χ2n) is 7.54. The zero-order valence-corrected chi connectivity index (χ0v) is 21.9. The van der Waals surface area contributed by atoms with E-state index in [0.717, 1.165) is 18.4 Å². The van der Waals surface area contributed by atoms with Gasteiger partial charge in [-0.2, -0.15) is 0 Å². The van der Waals surface area contributed by atoms with Gasteiger partial charge in [0.15, 0.2) is 0 Å². The zero-order chi connectivity index (χ0) is 20.6. The Balaban J connectivity index is 0.00000784. The van der Waals surface area contributed by atoms with E-state index in [9.17, 15) is 8.76 Å². The van der Waals surface area contributed by atoms with Gasteiger partial charge in [-0.3, -0.25) is 4.21 Å². The van der Waals surface area contributed by atoms with Gasteiger partial charge in [0.05, 0.1) is 19.1 Å². The van der Waals surface area contributed by atoms with Crippen molar-refractivity contribution in [3.8, 4) is 11.5 Å².